The predicted molar refractivity (Wildman–Crippen MR) is 101 cm³/mol. The van der Waals surface area contributed by atoms with Crippen LogP contribution in [0.4, 0.5) is 10.8 Å². The number of piperazine rings is 1. The van der Waals surface area contributed by atoms with Crippen molar-refractivity contribution in [2.45, 2.75) is 11.4 Å². The van der Waals surface area contributed by atoms with E-state index in [1.54, 1.807) is 6.20 Å². The number of hydrogen-bond donors (Lipinski definition) is 1. The number of benzene rings is 1. The standard InChI is InChI=1S/C14H17N5O4S2.ClH/c15-14-16-9-12(24-14)10-17-4-6-18(7-5-17)25(22,23)13-3-1-2-11(8-13)19(20)21;/h1-3,8-9H,4-7,10H2,(H2,15,16);1H. The van der Waals surface area contributed by atoms with Crippen LogP contribution in [0, 0.1) is 10.1 Å². The van der Waals surface area contributed by atoms with Crippen LogP contribution in [-0.2, 0) is 16.6 Å². The topological polar surface area (TPSA) is 123 Å². The summed E-state index contributed by atoms with van der Waals surface area (Å²) in [4.78, 5) is 17.4. The molecule has 1 aromatic heterocycles. The highest BCUT2D eigenvalue weighted by molar-refractivity contribution is 7.89. The van der Waals surface area contributed by atoms with Gasteiger partial charge in [0.15, 0.2) is 5.13 Å². The largest absolute Gasteiger partial charge is 0.375 e. The third kappa shape index (κ3) is 4.48. The molecule has 0 radical (unpaired) electrons. The second kappa shape index (κ2) is 8.27. The molecule has 2 heterocycles. The highest BCUT2D eigenvalue weighted by Crippen LogP contribution is 2.23. The summed E-state index contributed by atoms with van der Waals surface area (Å²) in [6.07, 6.45) is 1.73. The Balaban J connectivity index is 0.00000243. The fraction of sp³-hybridized carbons (Fsp3) is 0.357. The Hall–Kier alpha value is -1.79. The summed E-state index contributed by atoms with van der Waals surface area (Å²) in [5.41, 5.74) is 5.38. The van der Waals surface area contributed by atoms with Gasteiger partial charge in [-0.3, -0.25) is 15.0 Å². The zero-order valence-corrected chi connectivity index (χ0v) is 16.1. The molecule has 0 amide bonds. The molecule has 0 saturated carbocycles. The number of rotatable bonds is 5. The number of halogens is 1. The van der Waals surface area contributed by atoms with Crippen LogP contribution in [0.2, 0.25) is 0 Å². The number of nitro groups is 1. The molecule has 142 valence electrons. The van der Waals surface area contributed by atoms with Gasteiger partial charge in [-0.05, 0) is 6.07 Å². The maximum absolute atomic E-state index is 12.7. The van der Waals surface area contributed by atoms with E-state index in [4.69, 9.17) is 5.73 Å². The van der Waals surface area contributed by atoms with Crippen molar-refractivity contribution < 1.29 is 13.3 Å². The highest BCUT2D eigenvalue weighted by atomic mass is 35.5. The third-order valence-electron chi connectivity index (χ3n) is 3.95. The number of nitrogen functional groups attached to an aromatic ring is 1. The van der Waals surface area contributed by atoms with Gasteiger partial charge < -0.3 is 5.73 Å². The average Bonchev–Trinajstić information content (AvgIpc) is 3.00. The zero-order valence-electron chi connectivity index (χ0n) is 13.6. The van der Waals surface area contributed by atoms with E-state index in [2.05, 4.69) is 9.88 Å². The first-order valence-corrected chi connectivity index (χ1v) is 9.79. The van der Waals surface area contributed by atoms with E-state index in [1.807, 2.05) is 0 Å². The minimum Gasteiger partial charge on any atom is -0.375 e. The second-order valence-corrected chi connectivity index (χ2v) is 8.68. The lowest BCUT2D eigenvalue weighted by Gasteiger charge is -2.33. The van der Waals surface area contributed by atoms with Gasteiger partial charge in [0.05, 0.1) is 9.82 Å². The molecule has 0 unspecified atom stereocenters. The number of nitrogens with zero attached hydrogens (tertiary/aromatic N) is 4. The summed E-state index contributed by atoms with van der Waals surface area (Å²) >= 11 is 1.42. The van der Waals surface area contributed by atoms with Crippen LogP contribution in [0.15, 0.2) is 35.4 Å². The lowest BCUT2D eigenvalue weighted by atomic mass is 10.3. The number of non-ortho nitro benzene ring substituents is 1. The van der Waals surface area contributed by atoms with E-state index in [9.17, 15) is 18.5 Å². The van der Waals surface area contributed by atoms with Crippen LogP contribution in [0.3, 0.4) is 0 Å². The monoisotopic (exact) mass is 419 g/mol. The average molecular weight is 420 g/mol. The summed E-state index contributed by atoms with van der Waals surface area (Å²) in [5, 5.41) is 11.4. The Morgan fingerprint density at radius 1 is 1.27 bits per heavy atom. The van der Waals surface area contributed by atoms with Gasteiger partial charge in [-0.1, -0.05) is 6.07 Å². The van der Waals surface area contributed by atoms with Crippen LogP contribution in [0.5, 0.6) is 0 Å². The van der Waals surface area contributed by atoms with Crippen molar-refractivity contribution in [1.82, 2.24) is 14.2 Å². The van der Waals surface area contributed by atoms with Crippen molar-refractivity contribution in [2.24, 2.45) is 0 Å². The van der Waals surface area contributed by atoms with Gasteiger partial charge >= 0.3 is 0 Å². The molecule has 0 bridgehead atoms. The molecule has 1 fully saturated rings. The molecule has 2 N–H and O–H groups in total. The Labute approximate surface area is 161 Å². The first-order chi connectivity index (χ1) is 11.9. The van der Waals surface area contributed by atoms with Gasteiger partial charge in [0.1, 0.15) is 0 Å². The smallest absolute Gasteiger partial charge is 0.270 e. The molecule has 0 spiro atoms. The molecule has 1 aromatic carbocycles. The number of sulfonamides is 1. The van der Waals surface area contributed by atoms with Crippen LogP contribution >= 0.6 is 23.7 Å². The van der Waals surface area contributed by atoms with Crippen LogP contribution in [0.25, 0.3) is 0 Å². The first-order valence-electron chi connectivity index (χ1n) is 7.53. The number of aromatic nitrogens is 1. The first kappa shape index (κ1) is 20.5. The fourth-order valence-corrected chi connectivity index (χ4v) is 4.84. The molecule has 12 heteroatoms. The quantitative estimate of drug-likeness (QED) is 0.576. The van der Waals surface area contributed by atoms with E-state index < -0.39 is 14.9 Å². The number of nitrogens with two attached hydrogens (primary N) is 1. The Kier molecular flexibility index (Phi) is 6.53. The Morgan fingerprint density at radius 3 is 2.54 bits per heavy atom. The lowest BCUT2D eigenvalue weighted by molar-refractivity contribution is -0.385. The van der Waals surface area contributed by atoms with Gasteiger partial charge in [0.25, 0.3) is 5.69 Å². The molecule has 3 rings (SSSR count). The molecular weight excluding hydrogens is 402 g/mol. The lowest BCUT2D eigenvalue weighted by Crippen LogP contribution is -2.48. The summed E-state index contributed by atoms with van der Waals surface area (Å²) in [5.74, 6) is 0. The number of hydrogen-bond acceptors (Lipinski definition) is 8. The van der Waals surface area contributed by atoms with Crippen LogP contribution in [-0.4, -0.2) is 53.7 Å². The van der Waals surface area contributed by atoms with Gasteiger partial charge in [-0.15, -0.1) is 23.7 Å². The minimum absolute atomic E-state index is 0. The van der Waals surface area contributed by atoms with Gasteiger partial charge in [-0.2, -0.15) is 4.31 Å². The molecule has 1 aliphatic heterocycles. The van der Waals surface area contributed by atoms with E-state index in [-0.39, 0.29) is 23.0 Å². The molecule has 1 saturated heterocycles. The fourth-order valence-electron chi connectivity index (χ4n) is 2.65. The molecule has 0 atom stereocenters. The zero-order chi connectivity index (χ0) is 18.0. The Bertz CT molecular complexity index is 881. The SMILES string of the molecule is Cl.Nc1ncc(CN2CCN(S(=O)(=O)c3cccc([N+](=O)[O-])c3)CC2)s1. The van der Waals surface area contributed by atoms with E-state index >= 15 is 0 Å². The maximum atomic E-state index is 12.7. The summed E-state index contributed by atoms with van der Waals surface area (Å²) < 4.78 is 26.7. The molecular formula is C14H18ClN5O4S2. The maximum Gasteiger partial charge on any atom is 0.270 e. The van der Waals surface area contributed by atoms with Crippen molar-refractivity contribution >= 4 is 44.6 Å². The van der Waals surface area contributed by atoms with Crippen molar-refractivity contribution in [3.63, 3.8) is 0 Å². The highest BCUT2D eigenvalue weighted by Gasteiger charge is 2.29. The molecule has 2 aromatic rings. The predicted octanol–water partition coefficient (Wildman–Crippen LogP) is 1.56. The molecule has 0 aliphatic carbocycles. The van der Waals surface area contributed by atoms with Crippen molar-refractivity contribution in [3.8, 4) is 0 Å². The van der Waals surface area contributed by atoms with Gasteiger partial charge in [0, 0.05) is 55.9 Å². The molecule has 9 nitrogen and oxygen atoms in total. The number of anilines is 1. The van der Waals surface area contributed by atoms with Gasteiger partial charge in [-0.25, -0.2) is 13.4 Å². The Morgan fingerprint density at radius 2 is 1.96 bits per heavy atom. The summed E-state index contributed by atoms with van der Waals surface area (Å²) in [7, 11) is -3.74. The van der Waals surface area contributed by atoms with Gasteiger partial charge in [0.2, 0.25) is 10.0 Å². The number of nitro benzene ring substituents is 1. The third-order valence-corrected chi connectivity index (χ3v) is 6.65. The van der Waals surface area contributed by atoms with Crippen molar-refractivity contribution in [1.29, 1.82) is 0 Å². The molecule has 26 heavy (non-hydrogen) atoms. The van der Waals surface area contributed by atoms with E-state index in [0.717, 1.165) is 10.9 Å². The normalized spacial score (nSPS) is 16.2. The van der Waals surface area contributed by atoms with E-state index in [0.29, 0.717) is 37.9 Å². The second-order valence-electron chi connectivity index (χ2n) is 5.60. The van der Waals surface area contributed by atoms with Crippen LogP contribution < -0.4 is 5.73 Å². The summed E-state index contributed by atoms with van der Waals surface area (Å²) in [6, 6.07) is 5.14. The summed E-state index contributed by atoms with van der Waals surface area (Å²) in [6.45, 7) is 2.50. The molecule has 1 aliphatic rings. The number of thiazole rings is 1. The minimum atomic E-state index is -3.74. The van der Waals surface area contributed by atoms with E-state index in [1.165, 1.54) is 33.8 Å². The van der Waals surface area contributed by atoms with Crippen LogP contribution in [0.1, 0.15) is 4.88 Å². The van der Waals surface area contributed by atoms with Crippen molar-refractivity contribution in [3.05, 3.63) is 45.5 Å². The van der Waals surface area contributed by atoms with Crippen molar-refractivity contribution in [2.75, 3.05) is 31.9 Å².